The molecule has 0 radical (unpaired) electrons. The van der Waals surface area contributed by atoms with E-state index in [1.54, 1.807) is 19.1 Å². The fourth-order valence-corrected chi connectivity index (χ4v) is 2.36. The highest BCUT2D eigenvalue weighted by Crippen LogP contribution is 2.29. The zero-order valence-electron chi connectivity index (χ0n) is 14.8. The number of hydrogen-bond donors (Lipinski definition) is 1. The molecule has 3 heterocycles. The largest absolute Gasteiger partial charge is 0.417 e. The standard InChI is InChI=1S/C17H12F3N7O.H2S/c1-10(26-16(28)12-4-13(8-22-7-12)17(18,19)20)15-24-9-25-27(15)14-3-2-11(5-21)6-23-14;/h2-4,6-10H,1H3,(H,26,28);1H2/t10-;/m0./s1. The van der Waals surface area contributed by atoms with Crippen molar-refractivity contribution in [3.8, 4) is 11.9 Å². The summed E-state index contributed by atoms with van der Waals surface area (Å²) in [5.41, 5.74) is -0.884. The summed E-state index contributed by atoms with van der Waals surface area (Å²) in [5, 5.41) is 15.4. The van der Waals surface area contributed by atoms with E-state index in [0.29, 0.717) is 23.4 Å². The number of carbonyl (C=O) groups excluding carboxylic acids is 1. The van der Waals surface area contributed by atoms with Gasteiger partial charge in [0.15, 0.2) is 11.6 Å². The highest BCUT2D eigenvalue weighted by Gasteiger charge is 2.31. The van der Waals surface area contributed by atoms with Crippen molar-refractivity contribution in [2.24, 2.45) is 0 Å². The smallest absolute Gasteiger partial charge is 0.342 e. The molecule has 1 atom stereocenters. The van der Waals surface area contributed by atoms with Gasteiger partial charge in [-0.05, 0) is 25.1 Å². The average Bonchev–Trinajstić information content (AvgIpc) is 3.17. The van der Waals surface area contributed by atoms with Gasteiger partial charge >= 0.3 is 6.18 Å². The molecule has 0 saturated heterocycles. The molecule has 0 aromatic carbocycles. The summed E-state index contributed by atoms with van der Waals surface area (Å²) in [6, 6.07) is 5.08. The van der Waals surface area contributed by atoms with E-state index in [0.717, 1.165) is 12.3 Å². The topological polar surface area (TPSA) is 109 Å². The number of alkyl halides is 3. The van der Waals surface area contributed by atoms with Gasteiger partial charge in [0, 0.05) is 18.6 Å². The zero-order valence-corrected chi connectivity index (χ0v) is 15.8. The molecule has 8 nitrogen and oxygen atoms in total. The third-order valence-corrected chi connectivity index (χ3v) is 3.73. The summed E-state index contributed by atoms with van der Waals surface area (Å²) in [5.74, 6) is -0.0627. The molecule has 0 aliphatic rings. The first kappa shape index (κ1) is 21.8. The molecule has 0 spiro atoms. The van der Waals surface area contributed by atoms with Crippen molar-refractivity contribution in [3.05, 3.63) is 65.6 Å². The van der Waals surface area contributed by atoms with Crippen molar-refractivity contribution in [2.75, 3.05) is 0 Å². The van der Waals surface area contributed by atoms with Crippen LogP contribution in [0.3, 0.4) is 0 Å². The number of carbonyl (C=O) groups is 1. The first-order valence-corrected chi connectivity index (χ1v) is 7.89. The lowest BCUT2D eigenvalue weighted by atomic mass is 10.2. The lowest BCUT2D eigenvalue weighted by Crippen LogP contribution is -2.29. The number of pyridine rings is 2. The molecular formula is C17H14F3N7OS. The van der Waals surface area contributed by atoms with Crippen LogP contribution in [0.2, 0.25) is 0 Å². The number of hydrogen-bond acceptors (Lipinski definition) is 6. The van der Waals surface area contributed by atoms with E-state index in [9.17, 15) is 18.0 Å². The van der Waals surface area contributed by atoms with Crippen LogP contribution < -0.4 is 5.32 Å². The Labute approximate surface area is 169 Å². The third-order valence-electron chi connectivity index (χ3n) is 3.73. The Kier molecular flexibility index (Phi) is 6.55. The molecule has 1 N–H and O–H groups in total. The van der Waals surface area contributed by atoms with Crippen LogP contribution in [0.15, 0.2) is 43.1 Å². The number of amides is 1. The van der Waals surface area contributed by atoms with Crippen LogP contribution in [0.25, 0.3) is 5.82 Å². The third kappa shape index (κ3) is 4.88. The number of nitriles is 1. The van der Waals surface area contributed by atoms with Gasteiger partial charge in [-0.1, -0.05) is 0 Å². The predicted octanol–water partition coefficient (Wildman–Crippen LogP) is 2.55. The van der Waals surface area contributed by atoms with E-state index < -0.39 is 23.7 Å². The second kappa shape index (κ2) is 8.70. The Morgan fingerprint density at radius 2 is 2.00 bits per heavy atom. The minimum absolute atomic E-state index is 0. The minimum Gasteiger partial charge on any atom is -0.342 e. The summed E-state index contributed by atoms with van der Waals surface area (Å²) >= 11 is 0. The number of nitrogens with one attached hydrogen (secondary N) is 1. The Morgan fingerprint density at radius 1 is 1.24 bits per heavy atom. The molecular weight excluding hydrogens is 407 g/mol. The Balaban J connectivity index is 0.00000300. The summed E-state index contributed by atoms with van der Waals surface area (Å²) < 4.78 is 39.7. The van der Waals surface area contributed by atoms with Crippen molar-refractivity contribution in [1.82, 2.24) is 30.0 Å². The lowest BCUT2D eigenvalue weighted by molar-refractivity contribution is -0.137. The molecule has 0 fully saturated rings. The van der Waals surface area contributed by atoms with Crippen LogP contribution in [0.1, 0.15) is 40.3 Å². The Hall–Kier alpha value is -3.46. The van der Waals surface area contributed by atoms with E-state index in [1.807, 2.05) is 6.07 Å². The van der Waals surface area contributed by atoms with E-state index in [4.69, 9.17) is 5.26 Å². The molecule has 12 heteroatoms. The number of aromatic nitrogens is 5. The molecule has 1 amide bonds. The number of halogens is 3. The molecule has 3 aromatic rings. The van der Waals surface area contributed by atoms with Gasteiger partial charge in [-0.25, -0.2) is 9.97 Å². The van der Waals surface area contributed by atoms with Gasteiger partial charge in [-0.15, -0.1) is 0 Å². The molecule has 0 saturated carbocycles. The highest BCUT2D eigenvalue weighted by atomic mass is 32.1. The summed E-state index contributed by atoms with van der Waals surface area (Å²) in [6.45, 7) is 1.60. The van der Waals surface area contributed by atoms with Crippen molar-refractivity contribution >= 4 is 19.4 Å². The van der Waals surface area contributed by atoms with Crippen LogP contribution in [0.5, 0.6) is 0 Å². The molecule has 0 bridgehead atoms. The normalized spacial score (nSPS) is 11.8. The van der Waals surface area contributed by atoms with E-state index in [2.05, 4.69) is 25.4 Å². The molecule has 150 valence electrons. The molecule has 0 unspecified atom stereocenters. The zero-order chi connectivity index (χ0) is 20.3. The average molecular weight is 421 g/mol. The number of nitrogens with zero attached hydrogens (tertiary/aromatic N) is 6. The second-order valence-electron chi connectivity index (χ2n) is 5.70. The molecule has 0 aliphatic heterocycles. The van der Waals surface area contributed by atoms with Crippen LogP contribution in [-0.4, -0.2) is 30.6 Å². The maximum atomic E-state index is 12.8. The fourth-order valence-electron chi connectivity index (χ4n) is 2.36. The lowest BCUT2D eigenvalue weighted by Gasteiger charge is -2.15. The van der Waals surface area contributed by atoms with Crippen LogP contribution in [-0.2, 0) is 6.18 Å². The van der Waals surface area contributed by atoms with Crippen LogP contribution in [0.4, 0.5) is 13.2 Å². The summed E-state index contributed by atoms with van der Waals surface area (Å²) in [4.78, 5) is 24.0. The minimum atomic E-state index is -4.60. The maximum absolute atomic E-state index is 12.8. The fraction of sp³-hybridized carbons (Fsp3) is 0.176. The first-order chi connectivity index (χ1) is 13.3. The summed E-state index contributed by atoms with van der Waals surface area (Å²) in [6.07, 6.45) is -0.296. The second-order valence-corrected chi connectivity index (χ2v) is 5.70. The van der Waals surface area contributed by atoms with Crippen molar-refractivity contribution in [3.63, 3.8) is 0 Å². The SMILES string of the molecule is C[C@H](NC(=O)c1cncc(C(F)(F)F)c1)c1ncnn1-c1ccc(C#N)cn1.S. The molecule has 29 heavy (non-hydrogen) atoms. The highest BCUT2D eigenvalue weighted by molar-refractivity contribution is 7.59. The van der Waals surface area contributed by atoms with Crippen molar-refractivity contribution in [2.45, 2.75) is 19.1 Å². The van der Waals surface area contributed by atoms with Crippen molar-refractivity contribution in [1.29, 1.82) is 5.26 Å². The monoisotopic (exact) mass is 421 g/mol. The van der Waals surface area contributed by atoms with Gasteiger partial charge in [0.1, 0.15) is 12.4 Å². The first-order valence-electron chi connectivity index (χ1n) is 7.89. The predicted molar refractivity (Wildman–Crippen MR) is 99.4 cm³/mol. The molecule has 0 aliphatic carbocycles. The van der Waals surface area contributed by atoms with Gasteiger partial charge in [-0.2, -0.15) is 41.7 Å². The van der Waals surface area contributed by atoms with Crippen LogP contribution in [0, 0.1) is 11.3 Å². The van der Waals surface area contributed by atoms with E-state index >= 15 is 0 Å². The maximum Gasteiger partial charge on any atom is 0.417 e. The Morgan fingerprint density at radius 3 is 2.62 bits per heavy atom. The van der Waals surface area contributed by atoms with E-state index in [1.165, 1.54) is 17.2 Å². The molecule has 3 rings (SSSR count). The van der Waals surface area contributed by atoms with E-state index in [-0.39, 0.29) is 19.1 Å². The van der Waals surface area contributed by atoms with Gasteiger partial charge in [0.2, 0.25) is 0 Å². The Bertz CT molecular complexity index is 1040. The van der Waals surface area contributed by atoms with Crippen molar-refractivity contribution < 1.29 is 18.0 Å². The van der Waals surface area contributed by atoms with Gasteiger partial charge in [0.25, 0.3) is 5.91 Å². The molecule has 3 aromatic heterocycles. The van der Waals surface area contributed by atoms with Crippen LogP contribution >= 0.6 is 13.5 Å². The van der Waals surface area contributed by atoms with Gasteiger partial charge < -0.3 is 5.32 Å². The van der Waals surface area contributed by atoms with Gasteiger partial charge in [0.05, 0.1) is 22.7 Å². The quantitative estimate of drug-likeness (QED) is 0.693. The number of rotatable bonds is 4. The van der Waals surface area contributed by atoms with Gasteiger partial charge in [-0.3, -0.25) is 9.78 Å². The summed E-state index contributed by atoms with van der Waals surface area (Å²) in [7, 11) is 0.